The van der Waals surface area contributed by atoms with Crippen molar-refractivity contribution in [2.45, 2.75) is 6.42 Å². The lowest BCUT2D eigenvalue weighted by Crippen LogP contribution is -2.23. The molecule has 17 heavy (non-hydrogen) atoms. The fourth-order valence-corrected chi connectivity index (χ4v) is 3.62. The summed E-state index contributed by atoms with van der Waals surface area (Å²) in [5.74, 6) is 0. The van der Waals surface area contributed by atoms with Crippen LogP contribution in [0.2, 0.25) is 5.02 Å². The van der Waals surface area contributed by atoms with Crippen LogP contribution in [0.15, 0.2) is 30.3 Å². The number of benzene rings is 1. The standard InChI is InChI=1S/C14H14ClNS/c1-16-7-5-10(6-8-16)14-9-11-12(15)3-2-4-13(11)17-14/h2-5,9H,6-8H2,1H3. The Bertz CT molecular complexity index is 585. The minimum atomic E-state index is 0.860. The molecule has 88 valence electrons. The smallest absolute Gasteiger partial charge is 0.0493 e. The third-order valence-electron chi connectivity index (χ3n) is 3.24. The van der Waals surface area contributed by atoms with E-state index < -0.39 is 0 Å². The Hall–Kier alpha value is -0.830. The average molecular weight is 264 g/mol. The van der Waals surface area contributed by atoms with Gasteiger partial charge < -0.3 is 4.90 Å². The summed E-state index contributed by atoms with van der Waals surface area (Å²) in [5, 5.41) is 2.05. The lowest BCUT2D eigenvalue weighted by Gasteiger charge is -2.21. The molecule has 0 fully saturated rings. The number of likely N-dealkylation sites (N-methyl/N-ethyl adjacent to an activating group) is 1. The van der Waals surface area contributed by atoms with Crippen molar-refractivity contribution in [3.8, 4) is 0 Å². The molecule has 3 rings (SSSR count). The number of nitrogens with zero attached hydrogens (tertiary/aromatic N) is 1. The van der Waals surface area contributed by atoms with E-state index in [9.17, 15) is 0 Å². The Morgan fingerprint density at radius 2 is 2.24 bits per heavy atom. The molecule has 0 spiro atoms. The van der Waals surface area contributed by atoms with E-state index in [0.29, 0.717) is 0 Å². The van der Waals surface area contributed by atoms with Crippen LogP contribution < -0.4 is 0 Å². The van der Waals surface area contributed by atoms with E-state index in [4.69, 9.17) is 11.6 Å². The van der Waals surface area contributed by atoms with Gasteiger partial charge in [0.1, 0.15) is 0 Å². The third-order valence-corrected chi connectivity index (χ3v) is 4.74. The Kier molecular flexibility index (Phi) is 2.95. The van der Waals surface area contributed by atoms with Crippen molar-refractivity contribution in [2.24, 2.45) is 0 Å². The lowest BCUT2D eigenvalue weighted by molar-refractivity contribution is 0.370. The summed E-state index contributed by atoms with van der Waals surface area (Å²) in [6, 6.07) is 8.36. The molecule has 0 bridgehead atoms. The zero-order valence-corrected chi connectivity index (χ0v) is 11.3. The van der Waals surface area contributed by atoms with E-state index in [1.165, 1.54) is 20.5 Å². The molecule has 2 aromatic rings. The Morgan fingerprint density at radius 3 is 2.94 bits per heavy atom. The van der Waals surface area contributed by atoms with Crippen LogP contribution in [-0.4, -0.2) is 25.0 Å². The Labute approximate surface area is 110 Å². The minimum absolute atomic E-state index is 0.860. The fraction of sp³-hybridized carbons (Fsp3) is 0.286. The van der Waals surface area contributed by atoms with Crippen LogP contribution in [0.4, 0.5) is 0 Å². The van der Waals surface area contributed by atoms with Gasteiger partial charge >= 0.3 is 0 Å². The van der Waals surface area contributed by atoms with Crippen LogP contribution >= 0.6 is 22.9 Å². The van der Waals surface area contributed by atoms with E-state index >= 15 is 0 Å². The number of thiophene rings is 1. The van der Waals surface area contributed by atoms with Crippen molar-refractivity contribution in [3.05, 3.63) is 40.2 Å². The van der Waals surface area contributed by atoms with E-state index in [1.54, 1.807) is 0 Å². The monoisotopic (exact) mass is 263 g/mol. The summed E-state index contributed by atoms with van der Waals surface area (Å²) >= 11 is 8.06. The van der Waals surface area contributed by atoms with Gasteiger partial charge in [-0.1, -0.05) is 23.7 Å². The first-order chi connectivity index (χ1) is 8.24. The first-order valence-corrected chi connectivity index (χ1v) is 6.99. The minimum Gasteiger partial charge on any atom is -0.302 e. The Balaban J connectivity index is 2.04. The summed E-state index contributed by atoms with van der Waals surface area (Å²) in [6.45, 7) is 2.20. The molecule has 3 heteroatoms. The SMILES string of the molecule is CN1CC=C(c2cc3c(Cl)cccc3s2)CC1. The highest BCUT2D eigenvalue weighted by atomic mass is 35.5. The molecular weight excluding hydrogens is 250 g/mol. The number of hydrogen-bond donors (Lipinski definition) is 0. The number of halogens is 1. The van der Waals surface area contributed by atoms with Crippen molar-refractivity contribution >= 4 is 38.6 Å². The lowest BCUT2D eigenvalue weighted by atomic mass is 10.1. The Morgan fingerprint density at radius 1 is 1.35 bits per heavy atom. The van der Waals surface area contributed by atoms with Crippen LogP contribution in [-0.2, 0) is 0 Å². The summed E-state index contributed by atoms with van der Waals surface area (Å²) in [4.78, 5) is 3.71. The molecule has 0 unspecified atom stereocenters. The van der Waals surface area contributed by atoms with Gasteiger partial charge in [-0.2, -0.15) is 0 Å². The maximum atomic E-state index is 6.21. The van der Waals surface area contributed by atoms with Crippen molar-refractivity contribution in [2.75, 3.05) is 20.1 Å². The molecule has 0 N–H and O–H groups in total. The highest BCUT2D eigenvalue weighted by Crippen LogP contribution is 2.36. The van der Waals surface area contributed by atoms with Crippen LogP contribution in [0.3, 0.4) is 0 Å². The van der Waals surface area contributed by atoms with Crippen molar-refractivity contribution in [1.82, 2.24) is 4.90 Å². The van der Waals surface area contributed by atoms with Crippen molar-refractivity contribution in [3.63, 3.8) is 0 Å². The molecule has 0 saturated heterocycles. The van der Waals surface area contributed by atoms with Crippen LogP contribution in [0.25, 0.3) is 15.7 Å². The quantitative estimate of drug-likeness (QED) is 0.743. The first-order valence-electron chi connectivity index (χ1n) is 5.80. The predicted molar refractivity (Wildman–Crippen MR) is 76.9 cm³/mol. The molecule has 0 atom stereocenters. The molecule has 0 saturated carbocycles. The van der Waals surface area contributed by atoms with E-state index in [-0.39, 0.29) is 0 Å². The van der Waals surface area contributed by atoms with Gasteiger partial charge in [0.05, 0.1) is 0 Å². The van der Waals surface area contributed by atoms with Gasteiger partial charge in [0.2, 0.25) is 0 Å². The van der Waals surface area contributed by atoms with Gasteiger partial charge in [-0.3, -0.25) is 0 Å². The average Bonchev–Trinajstić information content (AvgIpc) is 2.75. The molecule has 0 amide bonds. The number of hydrogen-bond acceptors (Lipinski definition) is 2. The van der Waals surface area contributed by atoms with Gasteiger partial charge in [0, 0.05) is 33.1 Å². The first kappa shape index (κ1) is 11.3. The number of fused-ring (bicyclic) bond motifs is 1. The van der Waals surface area contributed by atoms with Gasteiger partial charge in [0.15, 0.2) is 0 Å². The normalized spacial score (nSPS) is 17.4. The third kappa shape index (κ3) is 2.13. The van der Waals surface area contributed by atoms with Crippen LogP contribution in [0.5, 0.6) is 0 Å². The van der Waals surface area contributed by atoms with Gasteiger partial charge in [-0.25, -0.2) is 0 Å². The fourth-order valence-electron chi connectivity index (χ4n) is 2.18. The molecule has 2 heterocycles. The van der Waals surface area contributed by atoms with Crippen LogP contribution in [0, 0.1) is 0 Å². The van der Waals surface area contributed by atoms with Crippen molar-refractivity contribution < 1.29 is 0 Å². The zero-order valence-electron chi connectivity index (χ0n) is 9.74. The molecule has 0 aliphatic carbocycles. The molecule has 1 aliphatic heterocycles. The second kappa shape index (κ2) is 4.45. The molecule has 1 aromatic heterocycles. The summed E-state index contributed by atoms with van der Waals surface area (Å²) < 4.78 is 1.28. The van der Waals surface area contributed by atoms with Crippen LogP contribution in [0.1, 0.15) is 11.3 Å². The largest absolute Gasteiger partial charge is 0.302 e. The summed E-state index contributed by atoms with van der Waals surface area (Å²) in [5.41, 5.74) is 1.47. The molecular formula is C14H14ClNS. The van der Waals surface area contributed by atoms with Crippen molar-refractivity contribution in [1.29, 1.82) is 0 Å². The summed E-state index contributed by atoms with van der Waals surface area (Å²) in [6.07, 6.45) is 3.48. The maximum Gasteiger partial charge on any atom is 0.0493 e. The highest BCUT2D eigenvalue weighted by Gasteiger charge is 2.12. The highest BCUT2D eigenvalue weighted by molar-refractivity contribution is 7.20. The van der Waals surface area contributed by atoms with E-state index in [1.807, 2.05) is 23.5 Å². The van der Waals surface area contributed by atoms with E-state index in [0.717, 1.165) is 24.5 Å². The number of rotatable bonds is 1. The van der Waals surface area contributed by atoms with Gasteiger partial charge in [-0.15, -0.1) is 11.3 Å². The molecule has 1 aliphatic rings. The summed E-state index contributed by atoms with van der Waals surface area (Å²) in [7, 11) is 2.16. The molecule has 0 radical (unpaired) electrons. The second-order valence-electron chi connectivity index (χ2n) is 4.50. The van der Waals surface area contributed by atoms with E-state index in [2.05, 4.69) is 30.2 Å². The molecule has 1 aromatic carbocycles. The zero-order chi connectivity index (χ0) is 11.8. The second-order valence-corrected chi connectivity index (χ2v) is 5.99. The topological polar surface area (TPSA) is 3.24 Å². The molecule has 1 nitrogen and oxygen atoms in total. The maximum absolute atomic E-state index is 6.21. The van der Waals surface area contributed by atoms with Gasteiger partial charge in [-0.05, 0) is 37.2 Å². The predicted octanol–water partition coefficient (Wildman–Crippen LogP) is 4.27. The van der Waals surface area contributed by atoms with Gasteiger partial charge in [0.25, 0.3) is 0 Å².